The highest BCUT2D eigenvalue weighted by Gasteiger charge is 2.32. The first-order chi connectivity index (χ1) is 15.3. The largest absolute Gasteiger partial charge is 0.726 e. The number of likely N-dealkylation sites (N-methyl/N-ethyl adjacent to an activating group) is 1. The standard InChI is InChI=1S/C23H47N2O.CH4O4S/c1-3-4-5-6-7-8-9-10-11-12-13-14-15-16-17-18-23-24-19-20-25(23,2)21-22-26;1-5-6(2,3)4/h26H,3-22H2,1-2H3;1H3,(H,2,3,4)/q+1;/p-1. The summed E-state index contributed by atoms with van der Waals surface area (Å²) in [4.78, 5) is 4.69. The van der Waals surface area contributed by atoms with Gasteiger partial charge < -0.3 is 9.66 Å². The molecular formula is C24H50N2O5S. The molecule has 0 aromatic heterocycles. The SMILES string of the molecule is CCCCCCCCCCCCCCCCCC1=NCC[N+]1(C)CCO.COS(=O)(=O)[O-]. The highest BCUT2D eigenvalue weighted by atomic mass is 32.3. The minimum atomic E-state index is -4.41. The number of hydrogen-bond donors (Lipinski definition) is 1. The lowest BCUT2D eigenvalue weighted by molar-refractivity contribution is -0.815. The van der Waals surface area contributed by atoms with Crippen LogP contribution in [0.25, 0.3) is 0 Å². The Balaban J connectivity index is 0.00000140. The normalized spacial score (nSPS) is 18.3. The molecule has 0 saturated heterocycles. The second-order valence-electron chi connectivity index (χ2n) is 9.14. The van der Waals surface area contributed by atoms with Gasteiger partial charge in [0.1, 0.15) is 13.1 Å². The van der Waals surface area contributed by atoms with Crippen LogP contribution in [0.15, 0.2) is 4.99 Å². The van der Waals surface area contributed by atoms with Crippen molar-refractivity contribution < 1.29 is 26.7 Å². The van der Waals surface area contributed by atoms with E-state index in [2.05, 4.69) is 23.1 Å². The van der Waals surface area contributed by atoms with Gasteiger partial charge in [0, 0.05) is 6.42 Å². The average Bonchev–Trinajstić information content (AvgIpc) is 3.11. The van der Waals surface area contributed by atoms with E-state index in [0.29, 0.717) is 0 Å². The van der Waals surface area contributed by atoms with E-state index in [1.165, 1.54) is 102 Å². The van der Waals surface area contributed by atoms with Crippen LogP contribution < -0.4 is 0 Å². The van der Waals surface area contributed by atoms with Crippen LogP contribution in [0.3, 0.4) is 0 Å². The number of rotatable bonds is 19. The summed E-state index contributed by atoms with van der Waals surface area (Å²) >= 11 is 0. The first-order valence-electron chi connectivity index (χ1n) is 12.8. The van der Waals surface area contributed by atoms with Crippen molar-refractivity contribution in [2.75, 3.05) is 40.4 Å². The number of hydrogen-bond acceptors (Lipinski definition) is 6. The van der Waals surface area contributed by atoms with Gasteiger partial charge in [-0.3, -0.25) is 8.67 Å². The molecule has 192 valence electrons. The van der Waals surface area contributed by atoms with Gasteiger partial charge in [-0.2, -0.15) is 0 Å². The second kappa shape index (κ2) is 19.9. The van der Waals surface area contributed by atoms with E-state index in [1.54, 1.807) is 0 Å². The molecule has 0 bridgehead atoms. The Morgan fingerprint density at radius 2 is 1.31 bits per heavy atom. The average molecular weight is 479 g/mol. The van der Waals surface area contributed by atoms with Gasteiger partial charge in [-0.1, -0.05) is 96.8 Å². The van der Waals surface area contributed by atoms with Gasteiger partial charge in [0.05, 0.1) is 27.3 Å². The van der Waals surface area contributed by atoms with Crippen LogP contribution in [0.2, 0.25) is 0 Å². The number of aliphatic hydroxyl groups is 1. The van der Waals surface area contributed by atoms with E-state index in [0.717, 1.165) is 37.6 Å². The number of aliphatic hydroxyl groups excluding tert-OH is 1. The van der Waals surface area contributed by atoms with Crippen LogP contribution in [0, 0.1) is 0 Å². The smallest absolute Gasteiger partial charge is 0.217 e. The van der Waals surface area contributed by atoms with Crippen LogP contribution >= 0.6 is 0 Å². The molecule has 1 aliphatic rings. The van der Waals surface area contributed by atoms with E-state index in [1.807, 2.05) is 0 Å². The molecular weight excluding hydrogens is 428 g/mol. The quantitative estimate of drug-likeness (QED) is 0.119. The van der Waals surface area contributed by atoms with Crippen molar-refractivity contribution in [3.63, 3.8) is 0 Å². The van der Waals surface area contributed by atoms with Crippen LogP contribution in [0.4, 0.5) is 0 Å². The third-order valence-electron chi connectivity index (χ3n) is 6.31. The molecule has 0 aromatic carbocycles. The van der Waals surface area contributed by atoms with Gasteiger partial charge in [-0.05, 0) is 6.42 Å². The molecule has 8 heteroatoms. The highest BCUT2D eigenvalue weighted by molar-refractivity contribution is 7.80. The summed E-state index contributed by atoms with van der Waals surface area (Å²) in [5.74, 6) is 1.33. The lowest BCUT2D eigenvalue weighted by atomic mass is 10.0. The van der Waals surface area contributed by atoms with Gasteiger partial charge in [0.15, 0.2) is 5.84 Å². The molecule has 1 atom stereocenters. The molecule has 0 aliphatic carbocycles. The van der Waals surface area contributed by atoms with E-state index in [4.69, 9.17) is 0 Å². The van der Waals surface area contributed by atoms with Crippen LogP contribution in [-0.2, 0) is 14.6 Å². The van der Waals surface area contributed by atoms with Crippen LogP contribution in [-0.4, -0.2) is 68.8 Å². The minimum Gasteiger partial charge on any atom is -0.726 e. The lowest BCUT2D eigenvalue weighted by Gasteiger charge is -2.29. The first-order valence-corrected chi connectivity index (χ1v) is 14.1. The Hall–Kier alpha value is -0.540. The van der Waals surface area contributed by atoms with E-state index in [-0.39, 0.29) is 6.61 Å². The van der Waals surface area contributed by atoms with Crippen molar-refractivity contribution in [2.45, 2.75) is 110 Å². The zero-order valence-corrected chi connectivity index (χ0v) is 21.8. The summed E-state index contributed by atoms with van der Waals surface area (Å²) in [5.41, 5.74) is 0. The number of unbranched alkanes of at least 4 members (excludes halogenated alkanes) is 14. The maximum absolute atomic E-state index is 9.24. The Bertz CT molecular complexity index is 569. The van der Waals surface area contributed by atoms with Gasteiger partial charge in [0.25, 0.3) is 0 Å². The van der Waals surface area contributed by atoms with Crippen molar-refractivity contribution >= 4 is 16.2 Å². The molecule has 1 rings (SSSR count). The van der Waals surface area contributed by atoms with Gasteiger partial charge >= 0.3 is 0 Å². The molecule has 7 nitrogen and oxygen atoms in total. The van der Waals surface area contributed by atoms with E-state index < -0.39 is 10.4 Å². The van der Waals surface area contributed by atoms with Gasteiger partial charge in [-0.15, -0.1) is 0 Å². The monoisotopic (exact) mass is 478 g/mol. The minimum absolute atomic E-state index is 0.272. The summed E-state index contributed by atoms with van der Waals surface area (Å²) < 4.78 is 31.9. The number of quaternary nitrogens is 1. The van der Waals surface area contributed by atoms with Crippen molar-refractivity contribution in [1.82, 2.24) is 0 Å². The molecule has 0 radical (unpaired) electrons. The molecule has 0 fully saturated rings. The molecule has 0 spiro atoms. The molecule has 1 unspecified atom stereocenters. The number of aliphatic imine (C=N–C) groups is 1. The summed E-state index contributed by atoms with van der Waals surface area (Å²) in [6.07, 6.45) is 22.4. The summed E-state index contributed by atoms with van der Waals surface area (Å²) in [6, 6.07) is 0. The molecule has 32 heavy (non-hydrogen) atoms. The molecule has 0 saturated carbocycles. The van der Waals surface area contributed by atoms with Gasteiger partial charge in [0.2, 0.25) is 10.4 Å². The van der Waals surface area contributed by atoms with Crippen LogP contribution in [0.5, 0.6) is 0 Å². The molecule has 1 heterocycles. The number of amidine groups is 1. The molecule has 1 aliphatic heterocycles. The maximum Gasteiger partial charge on any atom is 0.217 e. The fourth-order valence-electron chi connectivity index (χ4n) is 4.16. The van der Waals surface area contributed by atoms with Crippen molar-refractivity contribution in [3.05, 3.63) is 0 Å². The van der Waals surface area contributed by atoms with Crippen LogP contribution in [0.1, 0.15) is 110 Å². The van der Waals surface area contributed by atoms with E-state index >= 15 is 0 Å². The maximum atomic E-state index is 9.24. The highest BCUT2D eigenvalue weighted by Crippen LogP contribution is 2.18. The zero-order chi connectivity index (χ0) is 24.1. The van der Waals surface area contributed by atoms with E-state index in [9.17, 15) is 18.1 Å². The molecule has 1 N–H and O–H groups in total. The zero-order valence-electron chi connectivity index (χ0n) is 21.0. The predicted molar refractivity (Wildman–Crippen MR) is 132 cm³/mol. The molecule has 0 aromatic rings. The summed E-state index contributed by atoms with van der Waals surface area (Å²) in [5, 5.41) is 9.24. The third kappa shape index (κ3) is 18.0. The Kier molecular flexibility index (Phi) is 19.6. The summed E-state index contributed by atoms with van der Waals surface area (Å²) in [6.45, 7) is 5.42. The third-order valence-corrected chi connectivity index (χ3v) is 6.72. The topological polar surface area (TPSA) is 99.0 Å². The Labute approximate surface area is 198 Å². The fraction of sp³-hybridized carbons (Fsp3) is 0.958. The van der Waals surface area contributed by atoms with Crippen molar-refractivity contribution in [1.29, 1.82) is 0 Å². The molecule has 0 amide bonds. The first kappa shape index (κ1) is 31.5. The van der Waals surface area contributed by atoms with Crippen molar-refractivity contribution in [3.8, 4) is 0 Å². The number of nitrogens with zero attached hydrogens (tertiary/aromatic N) is 2. The second-order valence-corrected chi connectivity index (χ2v) is 10.3. The predicted octanol–water partition coefficient (Wildman–Crippen LogP) is 5.19. The Morgan fingerprint density at radius 1 is 0.906 bits per heavy atom. The summed E-state index contributed by atoms with van der Waals surface area (Å²) in [7, 11) is -1.37. The van der Waals surface area contributed by atoms with Gasteiger partial charge in [-0.25, -0.2) is 13.4 Å². The Morgan fingerprint density at radius 3 is 1.69 bits per heavy atom. The fourth-order valence-corrected chi connectivity index (χ4v) is 4.16. The van der Waals surface area contributed by atoms with Crippen molar-refractivity contribution in [2.24, 2.45) is 4.99 Å². The lowest BCUT2D eigenvalue weighted by Crippen LogP contribution is -2.48.